The molecule has 6 nitrogen and oxygen atoms in total. The van der Waals surface area contributed by atoms with Crippen molar-refractivity contribution in [2.75, 3.05) is 20.3 Å². The van der Waals surface area contributed by atoms with Gasteiger partial charge in [0.25, 0.3) is 5.91 Å². The zero-order chi connectivity index (χ0) is 25.0. The number of rotatable bonds is 12. The van der Waals surface area contributed by atoms with Crippen LogP contribution in [0.3, 0.4) is 0 Å². The second kappa shape index (κ2) is 13.4. The zero-order valence-electron chi connectivity index (χ0n) is 20.1. The van der Waals surface area contributed by atoms with Gasteiger partial charge in [-0.1, -0.05) is 79.2 Å². The Hall–Kier alpha value is -3.51. The summed E-state index contributed by atoms with van der Waals surface area (Å²) in [6.07, 6.45) is 1.15. The number of para-hydroxylation sites is 2. The van der Waals surface area contributed by atoms with Crippen molar-refractivity contribution in [3.8, 4) is 11.5 Å². The number of carbonyl (C=O) groups is 2. The molecule has 3 rings (SSSR count). The highest BCUT2D eigenvalue weighted by Gasteiger charge is 2.31. The Labute approximate surface area is 211 Å². The van der Waals surface area contributed by atoms with E-state index in [1.807, 2.05) is 61.5 Å². The van der Waals surface area contributed by atoms with Gasteiger partial charge in [-0.3, -0.25) is 9.59 Å². The molecule has 1 unspecified atom stereocenters. The van der Waals surface area contributed by atoms with Crippen LogP contribution < -0.4 is 14.8 Å². The molecule has 0 bridgehead atoms. The summed E-state index contributed by atoms with van der Waals surface area (Å²) in [6.45, 7) is 2.43. The quantitative estimate of drug-likeness (QED) is 0.389. The van der Waals surface area contributed by atoms with Crippen molar-refractivity contribution in [2.45, 2.75) is 32.4 Å². The molecule has 35 heavy (non-hydrogen) atoms. The molecule has 0 fully saturated rings. The van der Waals surface area contributed by atoms with Crippen LogP contribution in [0.2, 0.25) is 5.02 Å². The van der Waals surface area contributed by atoms with Crippen molar-refractivity contribution in [3.63, 3.8) is 0 Å². The largest absolute Gasteiger partial charge is 0.493 e. The van der Waals surface area contributed by atoms with Gasteiger partial charge < -0.3 is 19.7 Å². The van der Waals surface area contributed by atoms with Crippen LogP contribution in [-0.2, 0) is 22.6 Å². The number of ether oxygens (including phenoxy) is 2. The summed E-state index contributed by atoms with van der Waals surface area (Å²) in [7, 11) is 1.54. The lowest BCUT2D eigenvalue weighted by molar-refractivity contribution is -0.142. The van der Waals surface area contributed by atoms with Gasteiger partial charge in [0, 0.05) is 24.5 Å². The van der Waals surface area contributed by atoms with E-state index in [0.29, 0.717) is 29.5 Å². The maximum atomic E-state index is 13.6. The molecule has 0 aliphatic heterocycles. The predicted molar refractivity (Wildman–Crippen MR) is 138 cm³/mol. The van der Waals surface area contributed by atoms with Gasteiger partial charge >= 0.3 is 0 Å². The Kier molecular flexibility index (Phi) is 9.99. The lowest BCUT2D eigenvalue weighted by Crippen LogP contribution is -2.51. The van der Waals surface area contributed by atoms with Crippen LogP contribution >= 0.6 is 11.6 Å². The maximum absolute atomic E-state index is 13.6. The van der Waals surface area contributed by atoms with Gasteiger partial charge in [0.1, 0.15) is 6.04 Å². The molecule has 1 N–H and O–H groups in total. The van der Waals surface area contributed by atoms with Crippen molar-refractivity contribution in [3.05, 3.63) is 95.0 Å². The van der Waals surface area contributed by atoms with E-state index in [1.54, 1.807) is 36.3 Å². The van der Waals surface area contributed by atoms with Crippen LogP contribution in [0, 0.1) is 0 Å². The number of nitrogens with zero attached hydrogens (tertiary/aromatic N) is 1. The first-order valence-electron chi connectivity index (χ1n) is 11.6. The minimum Gasteiger partial charge on any atom is -0.493 e. The smallest absolute Gasteiger partial charge is 0.261 e. The molecule has 0 aliphatic rings. The molecule has 0 heterocycles. The highest BCUT2D eigenvalue weighted by Crippen LogP contribution is 2.26. The third kappa shape index (κ3) is 7.49. The minimum atomic E-state index is -0.742. The molecule has 184 valence electrons. The third-order valence-electron chi connectivity index (χ3n) is 5.54. The number of carbonyl (C=O) groups excluding carboxylic acids is 2. The fourth-order valence-electron chi connectivity index (χ4n) is 3.69. The summed E-state index contributed by atoms with van der Waals surface area (Å²) >= 11 is 6.43. The molecule has 3 aromatic carbocycles. The molecule has 0 aromatic heterocycles. The van der Waals surface area contributed by atoms with Gasteiger partial charge in [-0.15, -0.1) is 0 Å². The molecule has 1 atom stereocenters. The SMILES string of the molecule is CCCNC(=O)C(Cc1ccccc1)N(Cc1ccccc1Cl)C(=O)COc1ccccc1OC. The molecule has 2 amide bonds. The van der Waals surface area contributed by atoms with E-state index in [4.69, 9.17) is 21.1 Å². The van der Waals surface area contributed by atoms with Crippen LogP contribution in [0.4, 0.5) is 0 Å². The Morgan fingerprint density at radius 1 is 0.943 bits per heavy atom. The number of hydrogen-bond acceptors (Lipinski definition) is 4. The Morgan fingerprint density at radius 3 is 2.29 bits per heavy atom. The molecule has 0 spiro atoms. The van der Waals surface area contributed by atoms with Crippen molar-refractivity contribution < 1.29 is 19.1 Å². The van der Waals surface area contributed by atoms with Gasteiger partial charge in [-0.05, 0) is 35.7 Å². The molecule has 0 saturated carbocycles. The van der Waals surface area contributed by atoms with E-state index in [-0.39, 0.29) is 25.0 Å². The molecule has 0 aliphatic carbocycles. The predicted octanol–water partition coefficient (Wildman–Crippen LogP) is 4.89. The van der Waals surface area contributed by atoms with Gasteiger partial charge in [0.05, 0.1) is 7.11 Å². The first-order chi connectivity index (χ1) is 17.0. The fourth-order valence-corrected chi connectivity index (χ4v) is 3.89. The Morgan fingerprint density at radius 2 is 1.60 bits per heavy atom. The van der Waals surface area contributed by atoms with Crippen LogP contribution in [0.15, 0.2) is 78.9 Å². The second-order valence-electron chi connectivity index (χ2n) is 8.05. The summed E-state index contributed by atoms with van der Waals surface area (Å²) in [6, 6.07) is 23.4. The zero-order valence-corrected chi connectivity index (χ0v) is 20.8. The van der Waals surface area contributed by atoms with Crippen LogP contribution in [-0.4, -0.2) is 43.0 Å². The summed E-state index contributed by atoms with van der Waals surface area (Å²) in [5.74, 6) is 0.437. The van der Waals surface area contributed by atoms with Crippen molar-refractivity contribution in [1.82, 2.24) is 10.2 Å². The summed E-state index contributed by atoms with van der Waals surface area (Å²) < 4.78 is 11.1. The molecule has 7 heteroatoms. The van der Waals surface area contributed by atoms with Gasteiger partial charge in [-0.2, -0.15) is 0 Å². The normalized spacial score (nSPS) is 11.4. The number of methoxy groups -OCH3 is 1. The van der Waals surface area contributed by atoms with Crippen LogP contribution in [0.25, 0.3) is 0 Å². The van der Waals surface area contributed by atoms with E-state index >= 15 is 0 Å². The first-order valence-corrected chi connectivity index (χ1v) is 12.0. The second-order valence-corrected chi connectivity index (χ2v) is 8.46. The van der Waals surface area contributed by atoms with Crippen LogP contribution in [0.5, 0.6) is 11.5 Å². The summed E-state index contributed by atoms with van der Waals surface area (Å²) in [5, 5.41) is 3.48. The Bertz CT molecular complexity index is 1110. The van der Waals surface area contributed by atoms with Gasteiger partial charge in [0.2, 0.25) is 5.91 Å². The standard InChI is InChI=1S/C28H31ClN2O4/c1-3-17-30-28(33)24(18-21-11-5-4-6-12-21)31(19-22-13-7-8-14-23(22)29)27(32)20-35-26-16-10-9-15-25(26)34-2/h4-16,24H,3,17-20H2,1-2H3,(H,30,33). The molecular weight excluding hydrogens is 464 g/mol. The topological polar surface area (TPSA) is 67.9 Å². The number of nitrogens with one attached hydrogen (secondary N) is 1. The monoisotopic (exact) mass is 494 g/mol. The average molecular weight is 495 g/mol. The van der Waals surface area contributed by atoms with E-state index < -0.39 is 6.04 Å². The molecule has 0 radical (unpaired) electrons. The number of benzene rings is 3. The molecule has 0 saturated heterocycles. The summed E-state index contributed by atoms with van der Waals surface area (Å²) in [4.78, 5) is 28.4. The van der Waals surface area contributed by atoms with E-state index in [9.17, 15) is 9.59 Å². The number of halogens is 1. The van der Waals surface area contributed by atoms with Crippen molar-refractivity contribution in [2.24, 2.45) is 0 Å². The van der Waals surface area contributed by atoms with E-state index in [0.717, 1.165) is 17.5 Å². The molecule has 3 aromatic rings. The maximum Gasteiger partial charge on any atom is 0.261 e. The summed E-state index contributed by atoms with van der Waals surface area (Å²) in [5.41, 5.74) is 1.70. The Balaban J connectivity index is 1.91. The van der Waals surface area contributed by atoms with Crippen LogP contribution in [0.1, 0.15) is 24.5 Å². The average Bonchev–Trinajstić information content (AvgIpc) is 2.89. The van der Waals surface area contributed by atoms with Crippen molar-refractivity contribution in [1.29, 1.82) is 0 Å². The minimum absolute atomic E-state index is 0.171. The van der Waals surface area contributed by atoms with Crippen molar-refractivity contribution >= 4 is 23.4 Å². The third-order valence-corrected chi connectivity index (χ3v) is 5.91. The van der Waals surface area contributed by atoms with Gasteiger partial charge in [0.15, 0.2) is 18.1 Å². The first kappa shape index (κ1) is 26.1. The highest BCUT2D eigenvalue weighted by molar-refractivity contribution is 6.31. The fraction of sp³-hybridized carbons (Fsp3) is 0.286. The van der Waals surface area contributed by atoms with E-state index in [2.05, 4.69) is 5.32 Å². The number of amides is 2. The number of hydrogen-bond donors (Lipinski definition) is 1. The lowest BCUT2D eigenvalue weighted by Gasteiger charge is -2.31. The highest BCUT2D eigenvalue weighted by atomic mass is 35.5. The van der Waals surface area contributed by atoms with E-state index in [1.165, 1.54) is 0 Å². The lowest BCUT2D eigenvalue weighted by atomic mass is 10.0. The molecular formula is C28H31ClN2O4. The van der Waals surface area contributed by atoms with Gasteiger partial charge in [-0.25, -0.2) is 0 Å².